The molecule has 0 saturated carbocycles. The predicted octanol–water partition coefficient (Wildman–Crippen LogP) is 4.21. The molecule has 2 aromatic carbocycles. The number of piperidine rings is 1. The molecule has 0 spiro atoms. The number of hydrogen-bond donors (Lipinski definition) is 2. The first kappa shape index (κ1) is 19.3. The Morgan fingerprint density at radius 1 is 1.17 bits per heavy atom. The highest BCUT2D eigenvalue weighted by Crippen LogP contribution is 2.26. The number of anilines is 1. The van der Waals surface area contributed by atoms with Crippen LogP contribution >= 0.6 is 0 Å². The van der Waals surface area contributed by atoms with Crippen LogP contribution in [0.15, 0.2) is 57.9 Å². The van der Waals surface area contributed by atoms with E-state index in [0.29, 0.717) is 18.2 Å². The summed E-state index contributed by atoms with van der Waals surface area (Å²) in [5.74, 6) is 1.31. The van der Waals surface area contributed by atoms with Gasteiger partial charge in [0.2, 0.25) is 0 Å². The van der Waals surface area contributed by atoms with E-state index >= 15 is 0 Å². The highest BCUT2D eigenvalue weighted by atomic mass is 19.1. The molecule has 1 fully saturated rings. The number of aliphatic imine (C=N–C) groups is 1. The molecule has 1 aliphatic rings. The Morgan fingerprint density at radius 2 is 1.93 bits per heavy atom. The summed E-state index contributed by atoms with van der Waals surface area (Å²) in [6.07, 6.45) is 2.11. The molecule has 3 aromatic rings. The number of nitrogens with zero attached hydrogens (tertiary/aromatic N) is 2. The fourth-order valence-corrected chi connectivity index (χ4v) is 3.89. The molecule has 0 amide bonds. The first-order valence-corrected chi connectivity index (χ1v) is 10.1. The maximum absolute atomic E-state index is 13.5. The van der Waals surface area contributed by atoms with Crippen LogP contribution in [0, 0.1) is 12.7 Å². The number of rotatable bonds is 4. The second kappa shape index (κ2) is 8.55. The first-order valence-electron chi connectivity index (χ1n) is 10.1. The zero-order chi connectivity index (χ0) is 20.2. The van der Waals surface area contributed by atoms with E-state index < -0.39 is 0 Å². The molecule has 1 aliphatic heterocycles. The number of furan rings is 1. The summed E-state index contributed by atoms with van der Waals surface area (Å²) in [6.45, 7) is 4.50. The summed E-state index contributed by atoms with van der Waals surface area (Å²) in [7, 11) is 1.77. The molecule has 2 heterocycles. The maximum atomic E-state index is 13.5. The minimum Gasteiger partial charge on any atom is -0.459 e. The highest BCUT2D eigenvalue weighted by Gasteiger charge is 2.20. The van der Waals surface area contributed by atoms with Gasteiger partial charge in [0.1, 0.15) is 17.2 Å². The minimum atomic E-state index is -0.250. The standard InChI is InChI=1S/C23H27FN4O/c1-16-20-14-17(24)8-9-21(20)29-22(16)15-26-23(25-2)27-18-10-12-28(13-11-18)19-6-4-3-5-7-19/h3-9,14,18H,10-13,15H2,1-2H3,(H2,25,26,27). The van der Waals surface area contributed by atoms with E-state index in [0.717, 1.165) is 48.6 Å². The van der Waals surface area contributed by atoms with Crippen LogP contribution in [0.1, 0.15) is 24.2 Å². The zero-order valence-corrected chi connectivity index (χ0v) is 16.9. The molecule has 152 valence electrons. The summed E-state index contributed by atoms with van der Waals surface area (Å²) in [6, 6.07) is 15.5. The third kappa shape index (κ3) is 4.36. The van der Waals surface area contributed by atoms with Crippen LogP contribution < -0.4 is 15.5 Å². The lowest BCUT2D eigenvalue weighted by Crippen LogP contribution is -2.48. The lowest BCUT2D eigenvalue weighted by molar-refractivity contribution is 0.459. The van der Waals surface area contributed by atoms with E-state index in [1.54, 1.807) is 13.1 Å². The summed E-state index contributed by atoms with van der Waals surface area (Å²) < 4.78 is 19.4. The van der Waals surface area contributed by atoms with Gasteiger partial charge in [0, 0.05) is 42.8 Å². The second-order valence-corrected chi connectivity index (χ2v) is 7.46. The summed E-state index contributed by atoms with van der Waals surface area (Å²) in [4.78, 5) is 6.77. The van der Waals surface area contributed by atoms with Crippen LogP contribution in [0.3, 0.4) is 0 Å². The van der Waals surface area contributed by atoms with Gasteiger partial charge in [-0.15, -0.1) is 0 Å². The van der Waals surface area contributed by atoms with Crippen molar-refractivity contribution in [3.63, 3.8) is 0 Å². The number of guanidine groups is 1. The van der Waals surface area contributed by atoms with Crippen LogP contribution in [0.2, 0.25) is 0 Å². The third-order valence-electron chi connectivity index (χ3n) is 5.59. The van der Waals surface area contributed by atoms with Gasteiger partial charge >= 0.3 is 0 Å². The number of para-hydroxylation sites is 1. The molecule has 0 bridgehead atoms. The fraction of sp³-hybridized carbons (Fsp3) is 0.348. The van der Waals surface area contributed by atoms with Gasteiger partial charge in [-0.2, -0.15) is 0 Å². The van der Waals surface area contributed by atoms with Crippen molar-refractivity contribution in [1.82, 2.24) is 10.6 Å². The Bertz CT molecular complexity index is 991. The van der Waals surface area contributed by atoms with E-state index in [2.05, 4.69) is 44.8 Å². The van der Waals surface area contributed by atoms with Crippen LogP contribution in [0.4, 0.5) is 10.1 Å². The molecule has 6 heteroatoms. The number of fused-ring (bicyclic) bond motifs is 1. The summed E-state index contributed by atoms with van der Waals surface area (Å²) in [5.41, 5.74) is 2.95. The van der Waals surface area contributed by atoms with Crippen LogP contribution in [-0.2, 0) is 6.54 Å². The normalized spacial score (nSPS) is 15.7. The lowest BCUT2D eigenvalue weighted by Gasteiger charge is -2.34. The molecular weight excluding hydrogens is 367 g/mol. The number of benzene rings is 2. The minimum absolute atomic E-state index is 0.250. The Hall–Kier alpha value is -3.02. The van der Waals surface area contributed by atoms with Gasteiger partial charge in [-0.3, -0.25) is 4.99 Å². The van der Waals surface area contributed by atoms with Crippen molar-refractivity contribution in [3.8, 4) is 0 Å². The number of hydrogen-bond acceptors (Lipinski definition) is 3. The van der Waals surface area contributed by atoms with Gasteiger partial charge in [-0.1, -0.05) is 18.2 Å². The quantitative estimate of drug-likeness (QED) is 0.514. The maximum Gasteiger partial charge on any atom is 0.191 e. The van der Waals surface area contributed by atoms with E-state index in [-0.39, 0.29) is 5.82 Å². The number of nitrogens with one attached hydrogen (secondary N) is 2. The Labute approximate surface area is 170 Å². The van der Waals surface area contributed by atoms with Crippen molar-refractivity contribution in [2.45, 2.75) is 32.4 Å². The van der Waals surface area contributed by atoms with Crippen molar-refractivity contribution in [3.05, 3.63) is 65.7 Å². The number of aryl methyl sites for hydroxylation is 1. The van der Waals surface area contributed by atoms with E-state index in [1.165, 1.54) is 17.8 Å². The van der Waals surface area contributed by atoms with Crippen LogP contribution in [0.5, 0.6) is 0 Å². The van der Waals surface area contributed by atoms with Gasteiger partial charge in [0.05, 0.1) is 6.54 Å². The molecule has 4 rings (SSSR count). The molecule has 0 aliphatic carbocycles. The molecule has 2 N–H and O–H groups in total. The van der Waals surface area contributed by atoms with Crippen molar-refractivity contribution >= 4 is 22.6 Å². The van der Waals surface area contributed by atoms with Crippen molar-refractivity contribution < 1.29 is 8.81 Å². The topological polar surface area (TPSA) is 52.8 Å². The Balaban J connectivity index is 1.32. The predicted molar refractivity (Wildman–Crippen MR) is 116 cm³/mol. The molecule has 1 aromatic heterocycles. The van der Waals surface area contributed by atoms with Crippen molar-refractivity contribution in [2.75, 3.05) is 25.0 Å². The smallest absolute Gasteiger partial charge is 0.191 e. The Kier molecular flexibility index (Phi) is 5.69. The molecule has 5 nitrogen and oxygen atoms in total. The zero-order valence-electron chi connectivity index (χ0n) is 16.9. The van der Waals surface area contributed by atoms with E-state index in [9.17, 15) is 4.39 Å². The van der Waals surface area contributed by atoms with Crippen molar-refractivity contribution in [2.24, 2.45) is 4.99 Å². The molecule has 0 atom stereocenters. The monoisotopic (exact) mass is 394 g/mol. The average molecular weight is 394 g/mol. The molecule has 1 saturated heterocycles. The van der Waals surface area contributed by atoms with Gasteiger partial charge < -0.3 is 20.0 Å². The van der Waals surface area contributed by atoms with Gasteiger partial charge in [0.25, 0.3) is 0 Å². The van der Waals surface area contributed by atoms with Crippen LogP contribution in [-0.4, -0.2) is 32.1 Å². The molecule has 0 unspecified atom stereocenters. The lowest BCUT2D eigenvalue weighted by atomic mass is 10.0. The fourth-order valence-electron chi connectivity index (χ4n) is 3.89. The van der Waals surface area contributed by atoms with Gasteiger partial charge in [0.15, 0.2) is 5.96 Å². The van der Waals surface area contributed by atoms with Crippen molar-refractivity contribution in [1.29, 1.82) is 0 Å². The second-order valence-electron chi connectivity index (χ2n) is 7.46. The average Bonchev–Trinajstić information content (AvgIpc) is 3.07. The van der Waals surface area contributed by atoms with E-state index in [4.69, 9.17) is 4.42 Å². The third-order valence-corrected chi connectivity index (χ3v) is 5.59. The van der Waals surface area contributed by atoms with Crippen LogP contribution in [0.25, 0.3) is 11.0 Å². The van der Waals surface area contributed by atoms with Gasteiger partial charge in [-0.25, -0.2) is 4.39 Å². The van der Waals surface area contributed by atoms with Gasteiger partial charge in [-0.05, 0) is 50.1 Å². The largest absolute Gasteiger partial charge is 0.459 e. The highest BCUT2D eigenvalue weighted by molar-refractivity contribution is 5.83. The first-order chi connectivity index (χ1) is 14.1. The Morgan fingerprint density at radius 3 is 2.66 bits per heavy atom. The summed E-state index contributed by atoms with van der Waals surface area (Å²) >= 11 is 0. The summed E-state index contributed by atoms with van der Waals surface area (Å²) in [5, 5.41) is 7.67. The molecular formula is C23H27FN4O. The SMILES string of the molecule is CN=C(NCc1oc2ccc(F)cc2c1C)NC1CCN(c2ccccc2)CC1. The number of halogens is 1. The van der Waals surface area contributed by atoms with E-state index in [1.807, 2.05) is 13.0 Å². The molecule has 29 heavy (non-hydrogen) atoms. The molecule has 0 radical (unpaired) electrons.